The van der Waals surface area contributed by atoms with Crippen molar-refractivity contribution >= 4 is 41.5 Å². The molecule has 1 saturated heterocycles. The number of halogens is 2. The van der Waals surface area contributed by atoms with E-state index >= 15 is 0 Å². The molecule has 2 heterocycles. The number of hydrogen-bond donors (Lipinski definition) is 1. The van der Waals surface area contributed by atoms with Crippen LogP contribution >= 0.6 is 35.6 Å². The van der Waals surface area contributed by atoms with Gasteiger partial charge in [0.25, 0.3) is 0 Å². The molecule has 0 amide bonds. The number of aryl methyl sites for hydroxylation is 1. The minimum absolute atomic E-state index is 0. The van der Waals surface area contributed by atoms with Gasteiger partial charge >= 0.3 is 0 Å². The van der Waals surface area contributed by atoms with Crippen molar-refractivity contribution in [1.29, 1.82) is 0 Å². The molecule has 8 heteroatoms. The lowest BCUT2D eigenvalue weighted by Crippen LogP contribution is -2.53. The lowest BCUT2D eigenvalue weighted by molar-refractivity contribution is -0.0175. The van der Waals surface area contributed by atoms with Crippen LogP contribution < -0.4 is 5.32 Å². The maximum atomic E-state index is 6.06. The SMILES string of the molecule is CN=C(NCC(C)N1CCOCC1C)N(C)Cc1cc(Cl)cn1C.I. The Kier molecular flexibility index (Phi) is 9.55. The first-order chi connectivity index (χ1) is 11.4. The number of ether oxygens (including phenoxy) is 1. The van der Waals surface area contributed by atoms with Gasteiger partial charge in [0.15, 0.2) is 5.96 Å². The molecule has 6 nitrogen and oxygen atoms in total. The summed E-state index contributed by atoms with van der Waals surface area (Å²) in [5, 5.41) is 4.25. The first-order valence-electron chi connectivity index (χ1n) is 8.48. The van der Waals surface area contributed by atoms with Crippen molar-refractivity contribution in [2.24, 2.45) is 12.0 Å². The molecule has 1 N–H and O–H groups in total. The highest BCUT2D eigenvalue weighted by Crippen LogP contribution is 2.14. The number of nitrogens with one attached hydrogen (secondary N) is 1. The second-order valence-corrected chi connectivity index (χ2v) is 6.99. The molecule has 1 aromatic heterocycles. The topological polar surface area (TPSA) is 45.0 Å². The smallest absolute Gasteiger partial charge is 0.193 e. The van der Waals surface area contributed by atoms with Crippen LogP contribution in [0.1, 0.15) is 19.5 Å². The fraction of sp³-hybridized carbons (Fsp3) is 0.706. The first kappa shape index (κ1) is 22.5. The third-order valence-corrected chi connectivity index (χ3v) is 4.79. The third kappa shape index (κ3) is 6.30. The van der Waals surface area contributed by atoms with E-state index in [1.165, 1.54) is 0 Å². The van der Waals surface area contributed by atoms with Crippen molar-refractivity contribution in [2.45, 2.75) is 32.5 Å². The fourth-order valence-corrected chi connectivity index (χ4v) is 3.45. The van der Waals surface area contributed by atoms with Crippen LogP contribution in [0.15, 0.2) is 17.3 Å². The molecule has 0 aliphatic carbocycles. The van der Waals surface area contributed by atoms with Crippen LogP contribution in [0.2, 0.25) is 5.02 Å². The van der Waals surface area contributed by atoms with Crippen molar-refractivity contribution < 1.29 is 4.74 Å². The summed E-state index contributed by atoms with van der Waals surface area (Å²) < 4.78 is 7.57. The number of aromatic nitrogens is 1. The van der Waals surface area contributed by atoms with Crippen LogP contribution in [-0.4, -0.2) is 72.8 Å². The van der Waals surface area contributed by atoms with Crippen LogP contribution in [0.3, 0.4) is 0 Å². The van der Waals surface area contributed by atoms with E-state index in [-0.39, 0.29) is 24.0 Å². The average molecular weight is 484 g/mol. The van der Waals surface area contributed by atoms with Crippen molar-refractivity contribution in [3.05, 3.63) is 23.0 Å². The van der Waals surface area contributed by atoms with Crippen molar-refractivity contribution in [3.8, 4) is 0 Å². The zero-order valence-corrected chi connectivity index (χ0v) is 18.9. The number of hydrogen-bond acceptors (Lipinski definition) is 3. The number of guanidine groups is 1. The monoisotopic (exact) mass is 483 g/mol. The van der Waals surface area contributed by atoms with Crippen LogP contribution in [0.25, 0.3) is 0 Å². The van der Waals surface area contributed by atoms with E-state index in [0.29, 0.717) is 12.1 Å². The molecule has 1 fully saturated rings. The van der Waals surface area contributed by atoms with Gasteiger partial charge in [-0.3, -0.25) is 9.89 Å². The molecule has 1 aliphatic heterocycles. The summed E-state index contributed by atoms with van der Waals surface area (Å²) in [4.78, 5) is 9.00. The molecular formula is C17H31ClIN5O. The maximum absolute atomic E-state index is 6.06. The fourth-order valence-electron chi connectivity index (χ4n) is 3.18. The van der Waals surface area contributed by atoms with Gasteiger partial charge in [-0.15, -0.1) is 24.0 Å². The molecule has 1 aromatic rings. The normalized spacial score (nSPS) is 20.1. The summed E-state index contributed by atoms with van der Waals surface area (Å²) >= 11 is 6.06. The Balaban J connectivity index is 0.00000312. The summed E-state index contributed by atoms with van der Waals surface area (Å²) in [6.45, 7) is 8.69. The minimum Gasteiger partial charge on any atom is -0.379 e. The quantitative estimate of drug-likeness (QED) is 0.397. The molecule has 2 atom stereocenters. The van der Waals surface area contributed by atoms with Gasteiger partial charge in [-0.05, 0) is 19.9 Å². The van der Waals surface area contributed by atoms with Crippen LogP contribution in [0.4, 0.5) is 0 Å². The zero-order valence-electron chi connectivity index (χ0n) is 15.8. The molecule has 0 radical (unpaired) electrons. The molecular weight excluding hydrogens is 453 g/mol. The molecule has 0 bridgehead atoms. The second-order valence-electron chi connectivity index (χ2n) is 6.56. The van der Waals surface area contributed by atoms with E-state index < -0.39 is 0 Å². The average Bonchev–Trinajstić information content (AvgIpc) is 2.85. The van der Waals surface area contributed by atoms with Crippen LogP contribution in [-0.2, 0) is 18.3 Å². The largest absolute Gasteiger partial charge is 0.379 e. The van der Waals surface area contributed by atoms with Crippen molar-refractivity contribution in [3.63, 3.8) is 0 Å². The molecule has 2 rings (SSSR count). The Bertz CT molecular complexity index is 565. The Morgan fingerprint density at radius 1 is 1.56 bits per heavy atom. The van der Waals surface area contributed by atoms with Gasteiger partial charge < -0.3 is 19.5 Å². The first-order valence-corrected chi connectivity index (χ1v) is 8.86. The molecule has 0 aromatic carbocycles. The molecule has 1 aliphatic rings. The maximum Gasteiger partial charge on any atom is 0.193 e. The highest BCUT2D eigenvalue weighted by molar-refractivity contribution is 14.0. The van der Waals surface area contributed by atoms with Gasteiger partial charge in [-0.1, -0.05) is 11.6 Å². The summed E-state index contributed by atoms with van der Waals surface area (Å²) in [6.07, 6.45) is 1.92. The number of morpholine rings is 1. The van der Waals surface area contributed by atoms with Crippen LogP contribution in [0.5, 0.6) is 0 Å². The van der Waals surface area contributed by atoms with Gasteiger partial charge in [0, 0.05) is 58.2 Å². The van der Waals surface area contributed by atoms with E-state index in [4.69, 9.17) is 16.3 Å². The molecule has 144 valence electrons. The van der Waals surface area contributed by atoms with Gasteiger partial charge in [0.1, 0.15) is 0 Å². The summed E-state index contributed by atoms with van der Waals surface area (Å²) in [5.74, 6) is 0.889. The van der Waals surface area contributed by atoms with Crippen molar-refractivity contribution in [2.75, 3.05) is 40.4 Å². The molecule has 2 unspecified atom stereocenters. The summed E-state index contributed by atoms with van der Waals surface area (Å²) in [6, 6.07) is 2.88. The minimum atomic E-state index is 0. The third-order valence-electron chi connectivity index (χ3n) is 4.59. The van der Waals surface area contributed by atoms with E-state index in [0.717, 1.165) is 49.5 Å². The van der Waals surface area contributed by atoms with Gasteiger partial charge in [-0.2, -0.15) is 0 Å². The predicted molar refractivity (Wildman–Crippen MR) is 115 cm³/mol. The summed E-state index contributed by atoms with van der Waals surface area (Å²) in [7, 11) is 5.87. The lowest BCUT2D eigenvalue weighted by Gasteiger charge is -2.38. The highest BCUT2D eigenvalue weighted by Gasteiger charge is 2.23. The highest BCUT2D eigenvalue weighted by atomic mass is 127. The van der Waals surface area contributed by atoms with Crippen molar-refractivity contribution in [1.82, 2.24) is 19.7 Å². The van der Waals surface area contributed by atoms with E-state index in [9.17, 15) is 0 Å². The van der Waals surface area contributed by atoms with Gasteiger partial charge in [0.05, 0.1) is 24.8 Å². The summed E-state index contributed by atoms with van der Waals surface area (Å²) in [5.41, 5.74) is 1.15. The molecule has 0 saturated carbocycles. The molecule has 25 heavy (non-hydrogen) atoms. The Morgan fingerprint density at radius 2 is 2.28 bits per heavy atom. The predicted octanol–water partition coefficient (Wildman–Crippen LogP) is 2.41. The van der Waals surface area contributed by atoms with E-state index in [1.54, 1.807) is 0 Å². The second kappa shape index (κ2) is 10.6. The van der Waals surface area contributed by atoms with Gasteiger partial charge in [-0.25, -0.2) is 0 Å². The zero-order chi connectivity index (χ0) is 17.7. The number of rotatable bonds is 5. The van der Waals surface area contributed by atoms with E-state index in [1.807, 2.05) is 38.0 Å². The number of aliphatic imine (C=N–C) groups is 1. The Morgan fingerprint density at radius 3 is 2.84 bits per heavy atom. The number of nitrogens with zero attached hydrogens (tertiary/aromatic N) is 4. The van der Waals surface area contributed by atoms with E-state index in [2.05, 4.69) is 34.0 Å². The molecule has 0 spiro atoms. The van der Waals surface area contributed by atoms with Gasteiger partial charge in [0.2, 0.25) is 0 Å². The standard InChI is InChI=1S/C17H30ClN5O.HI/c1-13(23-6-7-24-12-14(23)2)9-20-17(19-3)22(5)11-16-8-15(18)10-21(16)4;/h8,10,13-14H,6-7,9,11-12H2,1-5H3,(H,19,20);1H. The van der Waals surface area contributed by atoms with Crippen LogP contribution in [0, 0.1) is 0 Å². The lowest BCUT2D eigenvalue weighted by atomic mass is 10.2. The Hall–Kier alpha value is -0.510. The Labute approximate surface area is 173 Å².